The molecule has 29 heavy (non-hydrogen) atoms. The number of nitrogens with one attached hydrogen (secondary N) is 3. The van der Waals surface area contributed by atoms with Gasteiger partial charge < -0.3 is 20.7 Å². The van der Waals surface area contributed by atoms with Crippen LogP contribution in [0.15, 0.2) is 48.5 Å². The van der Waals surface area contributed by atoms with Crippen LogP contribution < -0.4 is 20.7 Å². The predicted octanol–water partition coefficient (Wildman–Crippen LogP) is 2.73. The Balaban J connectivity index is 2.01. The minimum Gasteiger partial charge on any atom is -0.496 e. The summed E-state index contributed by atoms with van der Waals surface area (Å²) in [6.07, 6.45) is 0.779. The molecule has 0 aliphatic carbocycles. The smallest absolute Gasteiger partial charge is 0.313 e. The van der Waals surface area contributed by atoms with Crippen LogP contribution in [0.25, 0.3) is 0 Å². The number of rotatable bonds is 8. The number of carbonyl (C=O) groups excluding carboxylic acids is 3. The van der Waals surface area contributed by atoms with Crippen LogP contribution in [-0.2, 0) is 16.1 Å². The second-order valence-electron chi connectivity index (χ2n) is 6.93. The van der Waals surface area contributed by atoms with Crippen LogP contribution in [-0.4, -0.2) is 31.4 Å². The summed E-state index contributed by atoms with van der Waals surface area (Å²) in [4.78, 5) is 36.7. The van der Waals surface area contributed by atoms with Gasteiger partial charge in [-0.25, -0.2) is 0 Å². The summed E-state index contributed by atoms with van der Waals surface area (Å²) in [5, 5.41) is 7.90. The highest BCUT2D eigenvalue weighted by Crippen LogP contribution is 2.18. The quantitative estimate of drug-likeness (QED) is 0.597. The molecule has 2 aromatic rings. The van der Waals surface area contributed by atoms with Gasteiger partial charge in [0.2, 0.25) is 0 Å². The maximum atomic E-state index is 12.6. The molecule has 0 saturated carbocycles. The minimum atomic E-state index is -0.807. The van der Waals surface area contributed by atoms with Gasteiger partial charge in [-0.05, 0) is 30.5 Å². The van der Waals surface area contributed by atoms with E-state index in [0.29, 0.717) is 18.2 Å². The summed E-state index contributed by atoms with van der Waals surface area (Å²) in [6, 6.07) is 13.9. The van der Waals surface area contributed by atoms with Gasteiger partial charge >= 0.3 is 11.8 Å². The van der Waals surface area contributed by atoms with Gasteiger partial charge in [-0.15, -0.1) is 0 Å². The number of para-hydroxylation sites is 2. The lowest BCUT2D eigenvalue weighted by Crippen LogP contribution is -2.36. The van der Waals surface area contributed by atoms with Gasteiger partial charge in [0.05, 0.1) is 18.4 Å². The summed E-state index contributed by atoms with van der Waals surface area (Å²) < 4.78 is 5.28. The van der Waals surface area contributed by atoms with Crippen LogP contribution >= 0.6 is 0 Å². The Kier molecular flexibility index (Phi) is 8.21. The van der Waals surface area contributed by atoms with Crippen molar-refractivity contribution >= 4 is 23.4 Å². The van der Waals surface area contributed by atoms with Crippen LogP contribution in [0.4, 0.5) is 5.69 Å². The molecule has 0 saturated heterocycles. The SMILES string of the molecule is COc1ccccc1CNC(=O)c1ccccc1NC(=O)C(=O)NCCC(C)C. The monoisotopic (exact) mass is 397 g/mol. The fraction of sp³-hybridized carbons (Fsp3) is 0.318. The van der Waals surface area contributed by atoms with Gasteiger partial charge in [-0.3, -0.25) is 14.4 Å². The van der Waals surface area contributed by atoms with Crippen molar-refractivity contribution in [2.24, 2.45) is 5.92 Å². The average molecular weight is 397 g/mol. The van der Waals surface area contributed by atoms with Crippen molar-refractivity contribution in [1.29, 1.82) is 0 Å². The normalized spacial score (nSPS) is 10.3. The molecule has 0 aliphatic rings. The number of hydrogen-bond acceptors (Lipinski definition) is 4. The highest BCUT2D eigenvalue weighted by atomic mass is 16.5. The van der Waals surface area contributed by atoms with Crippen molar-refractivity contribution in [3.8, 4) is 5.75 Å². The van der Waals surface area contributed by atoms with E-state index in [1.807, 2.05) is 38.1 Å². The van der Waals surface area contributed by atoms with E-state index in [0.717, 1.165) is 12.0 Å². The molecule has 0 aliphatic heterocycles. The maximum Gasteiger partial charge on any atom is 0.313 e. The molecule has 3 N–H and O–H groups in total. The van der Waals surface area contributed by atoms with Crippen LogP contribution in [0.3, 0.4) is 0 Å². The molecular weight excluding hydrogens is 370 g/mol. The standard InChI is InChI=1S/C22H27N3O4/c1-15(2)12-13-23-21(27)22(28)25-18-10-6-5-9-17(18)20(26)24-14-16-8-4-7-11-19(16)29-3/h4-11,15H,12-14H2,1-3H3,(H,23,27)(H,24,26)(H,25,28). The molecule has 0 aromatic heterocycles. The van der Waals surface area contributed by atoms with Crippen molar-refractivity contribution in [3.63, 3.8) is 0 Å². The number of ether oxygens (including phenoxy) is 1. The van der Waals surface area contributed by atoms with Gasteiger partial charge in [0.1, 0.15) is 5.75 Å². The summed E-state index contributed by atoms with van der Waals surface area (Å²) in [7, 11) is 1.57. The fourth-order valence-electron chi connectivity index (χ4n) is 2.64. The van der Waals surface area contributed by atoms with Crippen LogP contribution in [0.5, 0.6) is 5.75 Å². The topological polar surface area (TPSA) is 96.5 Å². The molecule has 0 unspecified atom stereocenters. The first-order chi connectivity index (χ1) is 13.9. The zero-order chi connectivity index (χ0) is 21.2. The second kappa shape index (κ2) is 10.8. The van der Waals surface area contributed by atoms with E-state index in [1.165, 1.54) is 0 Å². The fourth-order valence-corrected chi connectivity index (χ4v) is 2.64. The molecule has 0 radical (unpaired) electrons. The lowest BCUT2D eigenvalue weighted by Gasteiger charge is -2.13. The van der Waals surface area contributed by atoms with Crippen LogP contribution in [0, 0.1) is 5.92 Å². The number of carbonyl (C=O) groups is 3. The summed E-state index contributed by atoms with van der Waals surface area (Å²) >= 11 is 0. The van der Waals surface area contributed by atoms with E-state index in [4.69, 9.17) is 4.74 Å². The Hall–Kier alpha value is -3.35. The molecule has 0 fully saturated rings. The minimum absolute atomic E-state index is 0.265. The molecule has 2 rings (SSSR count). The van der Waals surface area contributed by atoms with Crippen molar-refractivity contribution in [2.75, 3.05) is 19.0 Å². The number of hydrogen-bond donors (Lipinski definition) is 3. The zero-order valence-corrected chi connectivity index (χ0v) is 17.0. The number of methoxy groups -OCH3 is 1. The highest BCUT2D eigenvalue weighted by Gasteiger charge is 2.18. The summed E-state index contributed by atoms with van der Waals surface area (Å²) in [5.41, 5.74) is 1.37. The second-order valence-corrected chi connectivity index (χ2v) is 6.93. The van der Waals surface area contributed by atoms with Gasteiger partial charge in [0.15, 0.2) is 0 Å². The maximum absolute atomic E-state index is 12.6. The van der Waals surface area contributed by atoms with E-state index in [2.05, 4.69) is 16.0 Å². The van der Waals surface area contributed by atoms with Crippen molar-refractivity contribution in [3.05, 3.63) is 59.7 Å². The van der Waals surface area contributed by atoms with E-state index in [-0.39, 0.29) is 23.7 Å². The first-order valence-electron chi connectivity index (χ1n) is 9.50. The van der Waals surface area contributed by atoms with Gasteiger partial charge in [0, 0.05) is 18.7 Å². The van der Waals surface area contributed by atoms with Gasteiger partial charge in [-0.2, -0.15) is 0 Å². The lowest BCUT2D eigenvalue weighted by atomic mass is 10.1. The Labute approximate surface area is 170 Å². The highest BCUT2D eigenvalue weighted by molar-refractivity contribution is 6.40. The Morgan fingerprint density at radius 3 is 2.34 bits per heavy atom. The van der Waals surface area contributed by atoms with E-state index < -0.39 is 11.8 Å². The van der Waals surface area contributed by atoms with Crippen molar-refractivity contribution in [2.45, 2.75) is 26.8 Å². The molecular formula is C22H27N3O4. The van der Waals surface area contributed by atoms with Crippen LogP contribution in [0.1, 0.15) is 36.2 Å². The van der Waals surface area contributed by atoms with Gasteiger partial charge in [0.25, 0.3) is 5.91 Å². The van der Waals surface area contributed by atoms with Crippen molar-refractivity contribution < 1.29 is 19.1 Å². The molecule has 3 amide bonds. The summed E-state index contributed by atoms with van der Waals surface area (Å²) in [6.45, 7) is 4.75. The molecule has 2 aromatic carbocycles. The van der Waals surface area contributed by atoms with E-state index in [1.54, 1.807) is 31.4 Å². The predicted molar refractivity (Wildman–Crippen MR) is 112 cm³/mol. The van der Waals surface area contributed by atoms with Crippen molar-refractivity contribution in [1.82, 2.24) is 10.6 Å². The first kappa shape index (κ1) is 21.9. The number of amides is 3. The molecule has 0 atom stereocenters. The largest absolute Gasteiger partial charge is 0.496 e. The molecule has 0 heterocycles. The molecule has 7 nitrogen and oxygen atoms in total. The molecule has 0 spiro atoms. The Bertz CT molecular complexity index is 865. The zero-order valence-electron chi connectivity index (χ0n) is 17.0. The Morgan fingerprint density at radius 1 is 0.931 bits per heavy atom. The number of anilines is 1. The third-order valence-corrected chi connectivity index (χ3v) is 4.27. The third-order valence-electron chi connectivity index (χ3n) is 4.27. The summed E-state index contributed by atoms with van der Waals surface area (Å²) in [5.74, 6) is -0.806. The lowest BCUT2D eigenvalue weighted by molar-refractivity contribution is -0.136. The molecule has 154 valence electrons. The van der Waals surface area contributed by atoms with E-state index in [9.17, 15) is 14.4 Å². The first-order valence-corrected chi connectivity index (χ1v) is 9.50. The number of benzene rings is 2. The van der Waals surface area contributed by atoms with E-state index >= 15 is 0 Å². The van der Waals surface area contributed by atoms with Gasteiger partial charge in [-0.1, -0.05) is 44.2 Å². The molecule has 0 bridgehead atoms. The molecule has 7 heteroatoms. The Morgan fingerprint density at radius 2 is 1.62 bits per heavy atom. The van der Waals surface area contributed by atoms with Crippen LogP contribution in [0.2, 0.25) is 0 Å². The third kappa shape index (κ3) is 6.64. The average Bonchev–Trinajstić information content (AvgIpc) is 2.72.